The van der Waals surface area contributed by atoms with Crippen molar-refractivity contribution in [1.29, 1.82) is 0 Å². The molecule has 0 bridgehead atoms. The summed E-state index contributed by atoms with van der Waals surface area (Å²) >= 11 is 0. The van der Waals surface area contributed by atoms with E-state index in [-0.39, 0.29) is 5.69 Å². The number of aromatic carboxylic acids is 1. The lowest BCUT2D eigenvalue weighted by Gasteiger charge is -2.06. The van der Waals surface area contributed by atoms with Crippen LogP contribution >= 0.6 is 0 Å². The van der Waals surface area contributed by atoms with Gasteiger partial charge in [0.15, 0.2) is 11.5 Å². The van der Waals surface area contributed by atoms with Gasteiger partial charge in [-0.05, 0) is 30.9 Å². The molecule has 102 valence electrons. The average molecular weight is 271 g/mol. The molecule has 20 heavy (non-hydrogen) atoms. The highest BCUT2D eigenvalue weighted by Gasteiger charge is 2.50. The maximum Gasteiger partial charge on any atom is 0.356 e. The fraction of sp³-hybridized carbons (Fsp3) is 0.357. The Kier molecular flexibility index (Phi) is 2.19. The molecule has 0 aliphatic heterocycles. The van der Waals surface area contributed by atoms with Crippen molar-refractivity contribution in [3.63, 3.8) is 0 Å². The number of pyridine rings is 1. The number of ether oxygens (including phenoxy) is 1. The number of aromatic nitrogens is 3. The Morgan fingerprint density at radius 1 is 1.50 bits per heavy atom. The molecule has 4 rings (SSSR count). The van der Waals surface area contributed by atoms with Crippen LogP contribution in [-0.2, 0) is 6.42 Å². The normalized spacial score (nSPS) is 22.2. The third kappa shape index (κ3) is 1.47. The third-order valence-corrected chi connectivity index (χ3v) is 4.14. The zero-order chi connectivity index (χ0) is 13.9. The first-order valence-electron chi connectivity index (χ1n) is 6.54. The van der Waals surface area contributed by atoms with Crippen LogP contribution in [0.4, 0.5) is 0 Å². The summed E-state index contributed by atoms with van der Waals surface area (Å²) in [6.45, 7) is 0. The zero-order valence-electron chi connectivity index (χ0n) is 10.9. The van der Waals surface area contributed by atoms with E-state index in [1.807, 2.05) is 0 Å². The Balaban J connectivity index is 1.85. The molecule has 2 aromatic rings. The number of carbonyl (C=O) groups is 1. The van der Waals surface area contributed by atoms with E-state index in [1.165, 1.54) is 0 Å². The van der Waals surface area contributed by atoms with Gasteiger partial charge in [0, 0.05) is 11.5 Å². The van der Waals surface area contributed by atoms with Crippen molar-refractivity contribution in [2.24, 2.45) is 5.92 Å². The van der Waals surface area contributed by atoms with E-state index >= 15 is 0 Å². The molecule has 1 fully saturated rings. The number of fused-ring (bicyclic) bond motifs is 3. The molecule has 1 saturated carbocycles. The number of methoxy groups -OCH3 is 1. The second kappa shape index (κ2) is 3.82. The molecule has 0 saturated heterocycles. The van der Waals surface area contributed by atoms with E-state index in [0.29, 0.717) is 23.4 Å². The Labute approximate surface area is 115 Å². The molecule has 0 radical (unpaired) electrons. The van der Waals surface area contributed by atoms with Crippen LogP contribution in [0, 0.1) is 5.92 Å². The van der Waals surface area contributed by atoms with Gasteiger partial charge in [-0.15, -0.1) is 0 Å². The zero-order valence-corrected chi connectivity index (χ0v) is 10.9. The van der Waals surface area contributed by atoms with E-state index in [1.54, 1.807) is 30.1 Å². The number of carboxylic acids is 1. The quantitative estimate of drug-likeness (QED) is 0.918. The van der Waals surface area contributed by atoms with Crippen molar-refractivity contribution in [2.45, 2.75) is 18.8 Å². The summed E-state index contributed by atoms with van der Waals surface area (Å²) in [5, 5.41) is 13.5. The first kappa shape index (κ1) is 11.5. The number of nitrogens with zero attached hydrogens (tertiary/aromatic N) is 3. The van der Waals surface area contributed by atoms with Gasteiger partial charge in [-0.2, -0.15) is 5.10 Å². The minimum Gasteiger partial charge on any atom is -0.495 e. The maximum absolute atomic E-state index is 11.3. The van der Waals surface area contributed by atoms with Gasteiger partial charge in [0.1, 0.15) is 5.75 Å². The summed E-state index contributed by atoms with van der Waals surface area (Å²) < 4.78 is 6.77. The van der Waals surface area contributed by atoms with Gasteiger partial charge in [0.2, 0.25) is 0 Å². The van der Waals surface area contributed by atoms with Crippen LogP contribution < -0.4 is 4.74 Å². The number of carboxylic acid groups (broad SMARTS) is 1. The summed E-state index contributed by atoms with van der Waals surface area (Å²) in [7, 11) is 1.58. The molecule has 1 N–H and O–H groups in total. The molecule has 6 heteroatoms. The predicted molar refractivity (Wildman–Crippen MR) is 69.4 cm³/mol. The summed E-state index contributed by atoms with van der Waals surface area (Å²) in [4.78, 5) is 15.6. The largest absolute Gasteiger partial charge is 0.495 e. The highest BCUT2D eigenvalue weighted by Crippen LogP contribution is 2.57. The topological polar surface area (TPSA) is 77.2 Å². The second-order valence-corrected chi connectivity index (χ2v) is 5.29. The lowest BCUT2D eigenvalue weighted by Crippen LogP contribution is -2.05. The van der Waals surface area contributed by atoms with Crippen LogP contribution in [0.25, 0.3) is 5.82 Å². The summed E-state index contributed by atoms with van der Waals surface area (Å²) in [6.07, 6.45) is 3.58. The number of hydrogen-bond donors (Lipinski definition) is 1. The molecule has 2 atom stereocenters. The molecular formula is C14H13N3O3. The van der Waals surface area contributed by atoms with Gasteiger partial charge < -0.3 is 9.84 Å². The predicted octanol–water partition coefficient (Wildman–Crippen LogP) is 1.63. The van der Waals surface area contributed by atoms with E-state index < -0.39 is 5.97 Å². The fourth-order valence-electron chi connectivity index (χ4n) is 3.08. The van der Waals surface area contributed by atoms with Gasteiger partial charge in [-0.3, -0.25) is 0 Å². The molecule has 2 aromatic heterocycles. The molecule has 2 aliphatic carbocycles. The third-order valence-electron chi connectivity index (χ3n) is 4.14. The lowest BCUT2D eigenvalue weighted by atomic mass is 10.1. The van der Waals surface area contributed by atoms with E-state index in [4.69, 9.17) is 4.74 Å². The molecule has 2 heterocycles. The first-order chi connectivity index (χ1) is 9.69. The smallest absolute Gasteiger partial charge is 0.356 e. The fourth-order valence-corrected chi connectivity index (χ4v) is 3.08. The highest BCUT2D eigenvalue weighted by atomic mass is 16.5. The number of hydrogen-bond acceptors (Lipinski definition) is 4. The molecule has 2 aliphatic rings. The van der Waals surface area contributed by atoms with Crippen molar-refractivity contribution >= 4 is 5.97 Å². The van der Waals surface area contributed by atoms with Crippen LogP contribution in [0.2, 0.25) is 0 Å². The van der Waals surface area contributed by atoms with Crippen LogP contribution in [0.3, 0.4) is 0 Å². The summed E-state index contributed by atoms with van der Waals surface area (Å²) in [5.74, 6) is 1.40. The first-order valence-corrected chi connectivity index (χ1v) is 6.54. The van der Waals surface area contributed by atoms with Crippen molar-refractivity contribution in [1.82, 2.24) is 14.8 Å². The lowest BCUT2D eigenvalue weighted by molar-refractivity contribution is 0.0688. The SMILES string of the molecule is COc1ccc(-n2nc(C(=O)O)c3c2[C@@H]2C[C@@H]2C3)nc1. The highest BCUT2D eigenvalue weighted by molar-refractivity contribution is 5.88. The molecule has 0 aromatic carbocycles. The minimum absolute atomic E-state index is 0.171. The minimum atomic E-state index is -0.963. The molecule has 0 spiro atoms. The Morgan fingerprint density at radius 2 is 2.35 bits per heavy atom. The number of rotatable bonds is 3. The van der Waals surface area contributed by atoms with Crippen molar-refractivity contribution < 1.29 is 14.6 Å². The van der Waals surface area contributed by atoms with Crippen LogP contribution in [0.5, 0.6) is 5.75 Å². The standard InChI is InChI=1S/C14H13N3O3/c1-20-8-2-3-11(15-6-8)17-13-9-4-7(9)5-10(13)12(16-17)14(18)19/h2-3,6-7,9H,4-5H2,1H3,(H,18,19)/t7-,9-/m1/s1. The second-order valence-electron chi connectivity index (χ2n) is 5.29. The van der Waals surface area contributed by atoms with Gasteiger partial charge in [0.25, 0.3) is 0 Å². The van der Waals surface area contributed by atoms with E-state index in [2.05, 4.69) is 10.1 Å². The van der Waals surface area contributed by atoms with E-state index in [0.717, 1.165) is 24.1 Å². The van der Waals surface area contributed by atoms with Gasteiger partial charge in [-0.25, -0.2) is 14.5 Å². The van der Waals surface area contributed by atoms with Gasteiger partial charge >= 0.3 is 5.97 Å². The Hall–Kier alpha value is -2.37. The summed E-state index contributed by atoms with van der Waals surface area (Å²) in [5.41, 5.74) is 2.09. The van der Waals surface area contributed by atoms with Crippen molar-refractivity contribution in [2.75, 3.05) is 7.11 Å². The molecule has 0 amide bonds. The van der Waals surface area contributed by atoms with Gasteiger partial charge in [-0.1, -0.05) is 0 Å². The monoisotopic (exact) mass is 271 g/mol. The van der Waals surface area contributed by atoms with Crippen LogP contribution in [-0.4, -0.2) is 33.0 Å². The average Bonchev–Trinajstić information content (AvgIpc) is 2.95. The Bertz CT molecular complexity index is 705. The molecular weight excluding hydrogens is 258 g/mol. The van der Waals surface area contributed by atoms with Crippen LogP contribution in [0.15, 0.2) is 18.3 Å². The van der Waals surface area contributed by atoms with Crippen LogP contribution in [0.1, 0.15) is 34.1 Å². The Morgan fingerprint density at radius 3 is 3.00 bits per heavy atom. The van der Waals surface area contributed by atoms with E-state index in [9.17, 15) is 9.90 Å². The summed E-state index contributed by atoms with van der Waals surface area (Å²) in [6, 6.07) is 3.60. The van der Waals surface area contributed by atoms with Crippen molar-refractivity contribution in [3.8, 4) is 11.6 Å². The van der Waals surface area contributed by atoms with Crippen molar-refractivity contribution in [3.05, 3.63) is 35.3 Å². The maximum atomic E-state index is 11.3. The molecule has 0 unspecified atom stereocenters. The van der Waals surface area contributed by atoms with Gasteiger partial charge in [0.05, 0.1) is 19.0 Å². The molecule has 6 nitrogen and oxygen atoms in total.